The van der Waals surface area contributed by atoms with E-state index < -0.39 is 6.16 Å². The number of carbonyl (C=O) groups excluding carboxylic acids is 2. The summed E-state index contributed by atoms with van der Waals surface area (Å²) in [7, 11) is 3.33. The second-order valence-corrected chi connectivity index (χ2v) is 0.811. The van der Waals surface area contributed by atoms with Gasteiger partial charge in [-0.15, -0.1) is 0 Å². The molecule has 0 saturated heterocycles. The minimum absolute atomic E-state index is 0. The first-order valence-corrected chi connectivity index (χ1v) is 3.78. The van der Waals surface area contributed by atoms with Gasteiger partial charge in [0, 0.05) is 20.4 Å². The van der Waals surface area contributed by atoms with Gasteiger partial charge in [-0.2, -0.15) is 23.8 Å². The standard InChI is InChI=1S/C2H4O4.CO2.CH4O.2CH3O.4Mg.2H2O.O/c1-6-2(3,4)5;2-1-3;3*1-2;;;;;;;/h3H,1H3;;2H,1H3;2*1H3;;;;;2*1H2;/q-2;;;2*-1;;3*+2;;;/p-2. The molecule has 0 unspecified atom stereocenters. The van der Waals surface area contributed by atoms with Gasteiger partial charge in [-0.05, 0) is 0 Å². The Morgan fingerprint density at radius 1 is 0.909 bits per heavy atom. The Labute approximate surface area is 189 Å². The molecule has 4 N–H and O–H groups in total. The van der Waals surface area contributed by atoms with Crippen LogP contribution in [0.2, 0.25) is 0 Å². The second-order valence-electron chi connectivity index (χ2n) is 0.811. The number of aliphatic hydroxyl groups excluding tert-OH is 1. The van der Waals surface area contributed by atoms with Crippen LogP contribution in [0.15, 0.2) is 0 Å². The predicted molar refractivity (Wildman–Crippen MR) is 64.5 cm³/mol. The molecular weight excluding hydrogens is 361 g/mol. The summed E-state index contributed by atoms with van der Waals surface area (Å²) in [5.41, 5.74) is 0. The van der Waals surface area contributed by atoms with Crippen molar-refractivity contribution in [2.24, 2.45) is 0 Å². The minimum atomic E-state index is -3.46. The maximum absolute atomic E-state index is 9.25. The molecular formula is C6H16Mg4O12. The average Bonchev–Trinajstić information content (AvgIpc) is 2.39. The maximum atomic E-state index is 9.25. The van der Waals surface area contributed by atoms with Crippen LogP contribution in [0.25, 0.3) is 0 Å². The number of methoxy groups -OCH3 is 1. The molecule has 0 aliphatic heterocycles. The summed E-state index contributed by atoms with van der Waals surface area (Å²) in [6.07, 6.45) is -3.21. The molecule has 12 nitrogen and oxygen atoms in total. The van der Waals surface area contributed by atoms with Gasteiger partial charge in [-0.1, -0.05) is 0 Å². The molecule has 0 amide bonds. The van der Waals surface area contributed by atoms with Crippen LogP contribution in [0.3, 0.4) is 0 Å². The van der Waals surface area contributed by atoms with Crippen LogP contribution >= 0.6 is 0 Å². The summed E-state index contributed by atoms with van der Waals surface area (Å²) >= 11 is 0.611. The summed E-state index contributed by atoms with van der Waals surface area (Å²) in [5, 5.41) is 49.5. The quantitative estimate of drug-likeness (QED) is 0.319. The van der Waals surface area contributed by atoms with Crippen molar-refractivity contribution in [3.8, 4) is 0 Å². The third-order valence-electron chi connectivity index (χ3n) is 0.258. The first kappa shape index (κ1) is 75.3. The van der Waals surface area contributed by atoms with E-state index in [-0.39, 0.29) is 86.3 Å². The van der Waals surface area contributed by atoms with E-state index in [1.54, 1.807) is 0 Å². The molecule has 0 aromatic rings. The molecule has 0 rings (SSSR count). The van der Waals surface area contributed by atoms with Crippen molar-refractivity contribution in [1.82, 2.24) is 0 Å². The fourth-order valence-corrected chi connectivity index (χ4v) is 0. The Morgan fingerprint density at radius 2 is 0.955 bits per heavy atom. The molecule has 0 atom stereocenters. The van der Waals surface area contributed by atoms with Crippen LogP contribution in [0.1, 0.15) is 0 Å². The third-order valence-corrected chi connectivity index (χ3v) is 0.258. The third kappa shape index (κ3) is 400. The van der Waals surface area contributed by atoms with Crippen LogP contribution < -0.4 is 20.4 Å². The van der Waals surface area contributed by atoms with E-state index in [0.29, 0.717) is 21.7 Å². The van der Waals surface area contributed by atoms with Gasteiger partial charge in [-0.25, -0.2) is 0 Å². The fourth-order valence-electron chi connectivity index (χ4n) is 0. The van der Waals surface area contributed by atoms with E-state index in [1.165, 1.54) is 0 Å². The van der Waals surface area contributed by atoms with Crippen molar-refractivity contribution in [3.63, 3.8) is 0 Å². The van der Waals surface area contributed by atoms with Gasteiger partial charge in [0.05, 0.1) is 0 Å². The van der Waals surface area contributed by atoms with Gasteiger partial charge in [0.15, 0.2) is 0 Å². The molecule has 0 bridgehead atoms. The van der Waals surface area contributed by atoms with Gasteiger partial charge in [-0.3, -0.25) is 0 Å². The molecule has 0 fully saturated rings. The Balaban J connectivity index is -0.00000000755. The van der Waals surface area contributed by atoms with Crippen LogP contribution in [0, 0.1) is 0 Å². The fraction of sp³-hybridized carbons (Fsp3) is 0.833. The number of hydrogen-bond acceptors (Lipinski definition) is 12. The van der Waals surface area contributed by atoms with Crippen molar-refractivity contribution < 1.29 is 59.1 Å². The number of rotatable bonds is 1. The zero-order chi connectivity index (χ0) is 15.9. The van der Waals surface area contributed by atoms with Crippen LogP contribution in [0.5, 0.6) is 0 Å². The summed E-state index contributed by atoms with van der Waals surface area (Å²) in [6.45, 7) is 0. The van der Waals surface area contributed by atoms with Gasteiger partial charge < -0.3 is 46.3 Å². The normalized spacial score (nSPS) is 4.73. The molecule has 22 heavy (non-hydrogen) atoms. The van der Waals surface area contributed by atoms with E-state index in [4.69, 9.17) is 33.2 Å². The number of hydrogen-bond donors (Lipinski definition) is 2. The van der Waals surface area contributed by atoms with Gasteiger partial charge in [0.2, 0.25) is 0 Å². The number of ether oxygens (including phenoxy) is 1. The Bertz CT molecular complexity index is 119. The summed E-state index contributed by atoms with van der Waals surface area (Å²) in [4.78, 5) is 16.2. The molecule has 0 saturated carbocycles. The van der Waals surface area contributed by atoms with E-state index in [0.717, 1.165) is 28.4 Å². The monoisotopic (exact) mass is 376 g/mol. The second kappa shape index (κ2) is 112. The molecule has 0 heterocycles. The molecule has 0 radical (unpaired) electrons. The number of aliphatic hydroxyl groups is 2. The Kier molecular flexibility index (Phi) is 384. The first-order chi connectivity index (χ1) is 7.97. The summed E-state index contributed by atoms with van der Waals surface area (Å²) in [5.74, 6) is 0. The van der Waals surface area contributed by atoms with Crippen molar-refractivity contribution in [3.05, 3.63) is 0 Å². The molecule has 0 aromatic carbocycles. The van der Waals surface area contributed by atoms with Gasteiger partial charge >= 0.3 is 100 Å². The van der Waals surface area contributed by atoms with Crippen molar-refractivity contribution in [2.75, 3.05) is 28.4 Å². The molecule has 0 spiro atoms. The van der Waals surface area contributed by atoms with E-state index in [1.807, 2.05) is 0 Å². The van der Waals surface area contributed by atoms with Crippen LogP contribution in [-0.2, 0) is 17.5 Å². The van der Waals surface area contributed by atoms with E-state index >= 15 is 0 Å². The topological polar surface area (TPSA) is 253 Å². The molecule has 16 heteroatoms. The van der Waals surface area contributed by atoms with Crippen molar-refractivity contribution in [2.45, 2.75) is 6.16 Å². The molecule has 0 aliphatic carbocycles. The van der Waals surface area contributed by atoms with Gasteiger partial charge in [0.25, 0.3) is 0 Å². The van der Waals surface area contributed by atoms with E-state index in [2.05, 4.69) is 4.74 Å². The molecule has 120 valence electrons. The SMILES string of the molecule is CO.COC([O-])([O-])O.C[O-].C[O-].O=C=O.[Mg+2].[Mg+2].[Mg+2].[OH-].[OH-].[O]=[Mg]. The Morgan fingerprint density at radius 3 is 0.955 bits per heavy atom. The van der Waals surface area contributed by atoms with E-state index in [9.17, 15) is 10.2 Å². The van der Waals surface area contributed by atoms with Crippen molar-refractivity contribution in [1.29, 1.82) is 0 Å². The van der Waals surface area contributed by atoms with Crippen LogP contribution in [-0.4, -0.2) is 153 Å². The average molecular weight is 377 g/mol. The zero-order valence-corrected chi connectivity index (χ0v) is 18.5. The summed E-state index contributed by atoms with van der Waals surface area (Å²) in [6, 6.07) is 0. The van der Waals surface area contributed by atoms with Crippen molar-refractivity contribution >= 4 is 97.0 Å². The van der Waals surface area contributed by atoms with Crippen LogP contribution in [0.4, 0.5) is 0 Å². The van der Waals surface area contributed by atoms with Gasteiger partial charge in [0.1, 0.15) is 0 Å². The molecule has 0 aromatic heterocycles. The first-order valence-electron chi connectivity index (χ1n) is 3.20. The predicted octanol–water partition coefficient (Wildman–Crippen LogP) is -8.06. The Hall–Kier alpha value is 1.88. The molecule has 0 aliphatic rings. The zero-order valence-electron chi connectivity index (χ0n) is 12.9. The summed E-state index contributed by atoms with van der Waals surface area (Å²) < 4.78 is 11.7.